The van der Waals surface area contributed by atoms with E-state index in [0.717, 1.165) is 18.1 Å². The molecule has 0 radical (unpaired) electrons. The fourth-order valence-electron chi connectivity index (χ4n) is 2.55. The van der Waals surface area contributed by atoms with Crippen molar-refractivity contribution in [3.63, 3.8) is 0 Å². The maximum Gasteiger partial charge on any atom is 0.307 e. The molecule has 0 aliphatic carbocycles. The minimum Gasteiger partial charge on any atom is -0.469 e. The number of fused-ring (bicyclic) bond motifs is 1. The second-order valence-corrected chi connectivity index (χ2v) is 6.35. The van der Waals surface area contributed by atoms with Crippen LogP contribution < -0.4 is 0 Å². The van der Waals surface area contributed by atoms with Crippen molar-refractivity contribution >= 4 is 28.8 Å². The lowest BCUT2D eigenvalue weighted by Gasteiger charge is -2.33. The Labute approximate surface area is 131 Å². The first-order chi connectivity index (χ1) is 10.7. The van der Waals surface area contributed by atoms with Crippen LogP contribution in [0.4, 0.5) is 4.39 Å². The Morgan fingerprint density at radius 1 is 1.59 bits per heavy atom. The molecule has 3 rings (SSSR count). The van der Waals surface area contributed by atoms with Crippen molar-refractivity contribution in [3.05, 3.63) is 29.9 Å². The number of esters is 1. The standard InChI is InChI=1S/C15H17FN2O3S/c1-20-15(19)7-11-9-22-5-4-18(11)8-14-17-12-3-2-10(16)6-13(12)21-14/h2-3,6,11H,4-5,7-9H2,1H3. The molecule has 1 aliphatic heterocycles. The third kappa shape index (κ3) is 3.41. The summed E-state index contributed by atoms with van der Waals surface area (Å²) in [4.78, 5) is 18.1. The highest BCUT2D eigenvalue weighted by Crippen LogP contribution is 2.23. The van der Waals surface area contributed by atoms with Gasteiger partial charge in [0.2, 0.25) is 5.89 Å². The van der Waals surface area contributed by atoms with Gasteiger partial charge in [0.15, 0.2) is 5.58 Å². The lowest BCUT2D eigenvalue weighted by atomic mass is 10.2. The third-order valence-corrected chi connectivity index (χ3v) is 4.80. The van der Waals surface area contributed by atoms with E-state index < -0.39 is 0 Å². The Morgan fingerprint density at radius 3 is 3.27 bits per heavy atom. The number of methoxy groups -OCH3 is 1. The van der Waals surface area contributed by atoms with Crippen LogP contribution in [0.5, 0.6) is 0 Å². The van der Waals surface area contributed by atoms with E-state index in [4.69, 9.17) is 9.15 Å². The summed E-state index contributed by atoms with van der Waals surface area (Å²) >= 11 is 1.83. The van der Waals surface area contributed by atoms with E-state index in [1.807, 2.05) is 11.8 Å². The number of aromatic nitrogens is 1. The smallest absolute Gasteiger partial charge is 0.307 e. The highest BCUT2D eigenvalue weighted by Gasteiger charge is 2.26. The number of thioether (sulfide) groups is 1. The number of halogens is 1. The van der Waals surface area contributed by atoms with Crippen LogP contribution in [0.3, 0.4) is 0 Å². The van der Waals surface area contributed by atoms with Gasteiger partial charge in [0.25, 0.3) is 0 Å². The zero-order valence-electron chi connectivity index (χ0n) is 12.3. The van der Waals surface area contributed by atoms with Crippen LogP contribution in [0.2, 0.25) is 0 Å². The molecule has 1 aromatic carbocycles. The molecule has 2 heterocycles. The lowest BCUT2D eigenvalue weighted by Crippen LogP contribution is -2.43. The van der Waals surface area contributed by atoms with Crippen LogP contribution in [0.1, 0.15) is 12.3 Å². The number of hydrogen-bond acceptors (Lipinski definition) is 6. The highest BCUT2D eigenvalue weighted by molar-refractivity contribution is 7.99. The van der Waals surface area contributed by atoms with E-state index in [2.05, 4.69) is 9.88 Å². The number of nitrogens with zero attached hydrogens (tertiary/aromatic N) is 2. The normalized spacial score (nSPS) is 19.5. The molecule has 1 aromatic heterocycles. The van der Waals surface area contributed by atoms with Gasteiger partial charge < -0.3 is 9.15 Å². The van der Waals surface area contributed by atoms with Gasteiger partial charge in [0.1, 0.15) is 11.3 Å². The van der Waals surface area contributed by atoms with E-state index >= 15 is 0 Å². The summed E-state index contributed by atoms with van der Waals surface area (Å²) in [7, 11) is 1.40. The van der Waals surface area contributed by atoms with Crippen molar-refractivity contribution in [3.8, 4) is 0 Å². The first kappa shape index (κ1) is 15.3. The van der Waals surface area contributed by atoms with Gasteiger partial charge in [-0.15, -0.1) is 0 Å². The quantitative estimate of drug-likeness (QED) is 0.805. The van der Waals surface area contributed by atoms with Crippen LogP contribution >= 0.6 is 11.8 Å². The van der Waals surface area contributed by atoms with Crippen molar-refractivity contribution < 1.29 is 18.3 Å². The molecule has 7 heteroatoms. The fourth-order valence-corrected chi connectivity index (χ4v) is 3.68. The second-order valence-electron chi connectivity index (χ2n) is 5.20. The molecule has 5 nitrogen and oxygen atoms in total. The Balaban J connectivity index is 1.74. The van der Waals surface area contributed by atoms with Crippen LogP contribution in [0.15, 0.2) is 22.6 Å². The van der Waals surface area contributed by atoms with E-state index in [9.17, 15) is 9.18 Å². The molecule has 2 aromatic rings. The number of carbonyl (C=O) groups excluding carboxylic acids is 1. The Hall–Kier alpha value is -1.60. The Kier molecular flexibility index (Phi) is 4.63. The summed E-state index contributed by atoms with van der Waals surface area (Å²) in [6.07, 6.45) is 0.359. The number of benzene rings is 1. The molecule has 0 bridgehead atoms. The van der Waals surface area contributed by atoms with Crippen molar-refractivity contribution in [2.24, 2.45) is 0 Å². The van der Waals surface area contributed by atoms with E-state index in [1.165, 1.54) is 19.2 Å². The first-order valence-corrected chi connectivity index (χ1v) is 8.25. The minimum absolute atomic E-state index is 0.109. The molecule has 1 unspecified atom stereocenters. The van der Waals surface area contributed by atoms with E-state index in [-0.39, 0.29) is 17.8 Å². The molecule has 0 amide bonds. The van der Waals surface area contributed by atoms with E-state index in [0.29, 0.717) is 30.0 Å². The van der Waals surface area contributed by atoms with Gasteiger partial charge in [0.05, 0.1) is 20.1 Å². The number of carbonyl (C=O) groups is 1. The molecule has 0 spiro atoms. The van der Waals surface area contributed by atoms with Gasteiger partial charge >= 0.3 is 5.97 Å². The van der Waals surface area contributed by atoms with Crippen LogP contribution in [0.25, 0.3) is 11.1 Å². The molecule has 1 atom stereocenters. The number of rotatable bonds is 4. The molecular weight excluding hydrogens is 307 g/mol. The average Bonchev–Trinajstić information content (AvgIpc) is 2.90. The highest BCUT2D eigenvalue weighted by atomic mass is 32.2. The Morgan fingerprint density at radius 2 is 2.45 bits per heavy atom. The topological polar surface area (TPSA) is 55.6 Å². The monoisotopic (exact) mass is 324 g/mol. The molecular formula is C15H17FN2O3S. The van der Waals surface area contributed by atoms with Crippen molar-refractivity contribution in [2.75, 3.05) is 25.2 Å². The van der Waals surface area contributed by atoms with Crippen LogP contribution in [-0.2, 0) is 16.1 Å². The largest absolute Gasteiger partial charge is 0.469 e. The van der Waals surface area contributed by atoms with Gasteiger partial charge in [-0.05, 0) is 12.1 Å². The zero-order chi connectivity index (χ0) is 15.5. The minimum atomic E-state index is -0.340. The van der Waals surface area contributed by atoms with Gasteiger partial charge in [-0.3, -0.25) is 9.69 Å². The van der Waals surface area contributed by atoms with Crippen molar-refractivity contribution in [1.82, 2.24) is 9.88 Å². The summed E-state index contributed by atoms with van der Waals surface area (Å²) in [5.74, 6) is 1.88. The molecule has 118 valence electrons. The van der Waals surface area contributed by atoms with Gasteiger partial charge in [-0.25, -0.2) is 9.37 Å². The molecule has 1 saturated heterocycles. The SMILES string of the molecule is COC(=O)CC1CSCCN1Cc1nc2ccc(F)cc2o1. The van der Waals surface area contributed by atoms with Gasteiger partial charge in [0, 0.05) is 30.2 Å². The summed E-state index contributed by atoms with van der Waals surface area (Å²) in [5.41, 5.74) is 1.10. The first-order valence-electron chi connectivity index (χ1n) is 7.09. The summed E-state index contributed by atoms with van der Waals surface area (Å²) < 4.78 is 23.6. The lowest BCUT2D eigenvalue weighted by molar-refractivity contribution is -0.142. The van der Waals surface area contributed by atoms with Crippen molar-refractivity contribution in [2.45, 2.75) is 19.0 Å². The molecule has 22 heavy (non-hydrogen) atoms. The van der Waals surface area contributed by atoms with E-state index in [1.54, 1.807) is 6.07 Å². The van der Waals surface area contributed by atoms with Gasteiger partial charge in [-0.1, -0.05) is 0 Å². The van der Waals surface area contributed by atoms with Crippen LogP contribution in [0, 0.1) is 5.82 Å². The fraction of sp³-hybridized carbons (Fsp3) is 0.467. The Bertz CT molecular complexity index is 676. The molecule has 0 saturated carbocycles. The predicted octanol–water partition coefficient (Wildman–Crippen LogP) is 2.45. The zero-order valence-corrected chi connectivity index (χ0v) is 13.1. The maximum absolute atomic E-state index is 13.2. The molecule has 1 aliphatic rings. The molecule has 0 N–H and O–H groups in total. The number of oxazole rings is 1. The maximum atomic E-state index is 13.2. The van der Waals surface area contributed by atoms with Crippen molar-refractivity contribution in [1.29, 1.82) is 0 Å². The summed E-state index contributed by atoms with van der Waals surface area (Å²) in [6.45, 7) is 1.37. The predicted molar refractivity (Wildman–Crippen MR) is 82.1 cm³/mol. The second kappa shape index (κ2) is 6.66. The molecule has 1 fully saturated rings. The average molecular weight is 324 g/mol. The summed E-state index contributed by atoms with van der Waals surface area (Å²) in [6, 6.07) is 4.42. The third-order valence-electron chi connectivity index (χ3n) is 3.71. The van der Waals surface area contributed by atoms with Gasteiger partial charge in [-0.2, -0.15) is 11.8 Å². The number of hydrogen-bond donors (Lipinski definition) is 0. The summed E-state index contributed by atoms with van der Waals surface area (Å²) in [5, 5.41) is 0. The number of ether oxygens (including phenoxy) is 1. The van der Waals surface area contributed by atoms with Crippen LogP contribution in [-0.4, -0.2) is 47.1 Å².